The van der Waals surface area contributed by atoms with E-state index in [9.17, 15) is 4.79 Å². The largest absolute Gasteiger partial charge is 0.495 e. The summed E-state index contributed by atoms with van der Waals surface area (Å²) in [5.74, 6) is 1.32. The normalized spacial score (nSPS) is 14.5. The van der Waals surface area contributed by atoms with Crippen LogP contribution in [-0.2, 0) is 4.74 Å². The van der Waals surface area contributed by atoms with Gasteiger partial charge in [-0.15, -0.1) is 0 Å². The first-order valence-corrected chi connectivity index (χ1v) is 11.1. The number of nitrogens with zero attached hydrogens (tertiary/aromatic N) is 3. The number of hydrogen-bond donors (Lipinski definition) is 0. The van der Waals surface area contributed by atoms with Crippen LogP contribution in [0.15, 0.2) is 36.4 Å². The predicted octanol–water partition coefficient (Wildman–Crippen LogP) is 3.60. The molecule has 1 aromatic heterocycles. The van der Waals surface area contributed by atoms with Crippen LogP contribution in [0.5, 0.6) is 11.5 Å². The highest BCUT2D eigenvalue weighted by molar-refractivity contribution is 7.22. The van der Waals surface area contributed by atoms with Gasteiger partial charge in [0.1, 0.15) is 21.7 Å². The summed E-state index contributed by atoms with van der Waals surface area (Å²) < 4.78 is 17.3. The van der Waals surface area contributed by atoms with Gasteiger partial charge in [0.15, 0.2) is 5.13 Å². The van der Waals surface area contributed by atoms with E-state index in [0.717, 1.165) is 48.9 Å². The molecule has 1 amide bonds. The summed E-state index contributed by atoms with van der Waals surface area (Å²) in [6.07, 6.45) is 0. The Labute approximate surface area is 186 Å². The fraction of sp³-hybridized carbons (Fsp3) is 0.391. The molecule has 1 aliphatic rings. The molecule has 0 spiro atoms. The first-order valence-electron chi connectivity index (χ1n) is 10.3. The molecule has 0 radical (unpaired) electrons. The monoisotopic (exact) mass is 441 g/mol. The molecular formula is C23H27N3O4S. The lowest BCUT2D eigenvalue weighted by molar-refractivity contribution is 0.0391. The van der Waals surface area contributed by atoms with Gasteiger partial charge in [-0.25, -0.2) is 4.98 Å². The first kappa shape index (κ1) is 21.5. The Morgan fingerprint density at radius 3 is 2.61 bits per heavy atom. The second-order valence-electron chi connectivity index (χ2n) is 7.42. The second-order valence-corrected chi connectivity index (χ2v) is 8.40. The zero-order valence-electron chi connectivity index (χ0n) is 18.1. The van der Waals surface area contributed by atoms with Crippen LogP contribution in [0.2, 0.25) is 0 Å². The van der Waals surface area contributed by atoms with E-state index in [4.69, 9.17) is 19.2 Å². The van der Waals surface area contributed by atoms with Crippen molar-refractivity contribution in [2.24, 2.45) is 0 Å². The number of rotatable bonds is 7. The minimum Gasteiger partial charge on any atom is -0.495 e. The molecule has 3 aromatic rings. The number of thiazole rings is 1. The van der Waals surface area contributed by atoms with Crippen LogP contribution in [0.4, 0.5) is 5.13 Å². The Kier molecular flexibility index (Phi) is 6.70. The van der Waals surface area contributed by atoms with Gasteiger partial charge in [-0.1, -0.05) is 29.0 Å². The van der Waals surface area contributed by atoms with E-state index in [1.165, 1.54) is 11.3 Å². The van der Waals surface area contributed by atoms with Crippen molar-refractivity contribution in [3.63, 3.8) is 0 Å². The fourth-order valence-electron chi connectivity index (χ4n) is 3.67. The van der Waals surface area contributed by atoms with Crippen LogP contribution in [-0.4, -0.2) is 69.4 Å². The molecule has 1 fully saturated rings. The van der Waals surface area contributed by atoms with Crippen molar-refractivity contribution in [3.8, 4) is 11.5 Å². The number of anilines is 1. The van der Waals surface area contributed by atoms with E-state index >= 15 is 0 Å². The zero-order valence-corrected chi connectivity index (χ0v) is 18.9. The molecular weight excluding hydrogens is 414 g/mol. The number of methoxy groups -OCH3 is 2. The van der Waals surface area contributed by atoms with Crippen molar-refractivity contribution in [1.82, 2.24) is 9.88 Å². The Morgan fingerprint density at radius 2 is 1.90 bits per heavy atom. The maximum atomic E-state index is 13.5. The first-order chi connectivity index (χ1) is 15.1. The van der Waals surface area contributed by atoms with E-state index in [1.807, 2.05) is 43.3 Å². The Bertz CT molecular complexity index is 1020. The van der Waals surface area contributed by atoms with Gasteiger partial charge >= 0.3 is 0 Å². The summed E-state index contributed by atoms with van der Waals surface area (Å²) >= 11 is 1.45. The highest BCUT2D eigenvalue weighted by Gasteiger charge is 2.24. The van der Waals surface area contributed by atoms with Crippen LogP contribution >= 0.6 is 11.3 Å². The molecule has 0 bridgehead atoms. The van der Waals surface area contributed by atoms with Crippen molar-refractivity contribution < 1.29 is 19.0 Å². The molecule has 7 nitrogen and oxygen atoms in total. The maximum absolute atomic E-state index is 13.5. The standard InChI is InChI=1S/C23H27N3O4S/c1-16-5-4-6-17(15-16)22(27)26(10-9-25-11-13-30-14-12-25)23-24-20-18(28-2)7-8-19(29-3)21(20)31-23/h4-8,15H,9-14H2,1-3H3. The predicted molar refractivity (Wildman–Crippen MR) is 123 cm³/mol. The number of amides is 1. The van der Waals surface area contributed by atoms with E-state index in [0.29, 0.717) is 28.5 Å². The average molecular weight is 442 g/mol. The number of aryl methyl sites for hydroxylation is 1. The molecule has 0 saturated carbocycles. The van der Waals surface area contributed by atoms with Crippen molar-refractivity contribution in [2.75, 3.05) is 58.5 Å². The van der Waals surface area contributed by atoms with Crippen molar-refractivity contribution in [3.05, 3.63) is 47.5 Å². The smallest absolute Gasteiger partial charge is 0.260 e. The number of aromatic nitrogens is 1. The van der Waals surface area contributed by atoms with Gasteiger partial charge in [0.05, 0.1) is 27.4 Å². The molecule has 31 heavy (non-hydrogen) atoms. The number of fused-ring (bicyclic) bond motifs is 1. The SMILES string of the molecule is COc1ccc(OC)c2sc(N(CCN3CCOCC3)C(=O)c3cccc(C)c3)nc12. The average Bonchev–Trinajstić information content (AvgIpc) is 3.24. The highest BCUT2D eigenvalue weighted by Crippen LogP contribution is 2.40. The van der Waals surface area contributed by atoms with Gasteiger partial charge in [0.25, 0.3) is 5.91 Å². The molecule has 0 N–H and O–H groups in total. The zero-order chi connectivity index (χ0) is 21.8. The van der Waals surface area contributed by atoms with Gasteiger partial charge in [-0.05, 0) is 31.2 Å². The van der Waals surface area contributed by atoms with Gasteiger partial charge < -0.3 is 14.2 Å². The van der Waals surface area contributed by atoms with Crippen LogP contribution in [0.3, 0.4) is 0 Å². The van der Waals surface area contributed by atoms with E-state index in [1.54, 1.807) is 19.1 Å². The van der Waals surface area contributed by atoms with Gasteiger partial charge in [0.2, 0.25) is 0 Å². The van der Waals surface area contributed by atoms with E-state index in [-0.39, 0.29) is 5.91 Å². The molecule has 0 unspecified atom stereocenters. The van der Waals surface area contributed by atoms with Crippen LogP contribution in [0.1, 0.15) is 15.9 Å². The third-order valence-electron chi connectivity index (χ3n) is 5.38. The molecule has 8 heteroatoms. The van der Waals surface area contributed by atoms with Crippen molar-refractivity contribution >= 4 is 32.6 Å². The van der Waals surface area contributed by atoms with Gasteiger partial charge in [-0.3, -0.25) is 14.6 Å². The third kappa shape index (κ3) is 4.66. The lowest BCUT2D eigenvalue weighted by Gasteiger charge is -2.29. The lowest BCUT2D eigenvalue weighted by Crippen LogP contribution is -2.43. The van der Waals surface area contributed by atoms with E-state index in [2.05, 4.69) is 4.90 Å². The maximum Gasteiger partial charge on any atom is 0.260 e. The molecule has 0 atom stereocenters. The summed E-state index contributed by atoms with van der Waals surface area (Å²) in [6, 6.07) is 11.4. The van der Waals surface area contributed by atoms with Gasteiger partial charge in [0, 0.05) is 31.7 Å². The Balaban J connectivity index is 1.71. The summed E-state index contributed by atoms with van der Waals surface area (Å²) in [5.41, 5.74) is 2.40. The molecule has 0 aliphatic carbocycles. The van der Waals surface area contributed by atoms with Crippen LogP contribution in [0, 0.1) is 6.92 Å². The highest BCUT2D eigenvalue weighted by atomic mass is 32.1. The number of morpholine rings is 1. The molecule has 1 saturated heterocycles. The lowest BCUT2D eigenvalue weighted by atomic mass is 10.1. The number of carbonyl (C=O) groups excluding carboxylic acids is 1. The molecule has 4 rings (SSSR count). The van der Waals surface area contributed by atoms with Crippen LogP contribution in [0.25, 0.3) is 10.2 Å². The minimum atomic E-state index is -0.0612. The molecule has 1 aliphatic heterocycles. The summed E-state index contributed by atoms with van der Waals surface area (Å²) in [4.78, 5) is 22.4. The summed E-state index contributed by atoms with van der Waals surface area (Å²) in [6.45, 7) is 6.47. The second kappa shape index (κ2) is 9.64. The Hall–Kier alpha value is -2.68. The number of ether oxygens (including phenoxy) is 3. The quantitative estimate of drug-likeness (QED) is 0.558. The fourth-order valence-corrected chi connectivity index (χ4v) is 4.77. The number of carbonyl (C=O) groups is 1. The molecule has 164 valence electrons. The summed E-state index contributed by atoms with van der Waals surface area (Å²) in [7, 11) is 3.25. The third-order valence-corrected chi connectivity index (χ3v) is 6.48. The Morgan fingerprint density at radius 1 is 1.16 bits per heavy atom. The minimum absolute atomic E-state index is 0.0612. The number of benzene rings is 2. The van der Waals surface area contributed by atoms with Gasteiger partial charge in [-0.2, -0.15) is 0 Å². The summed E-state index contributed by atoms with van der Waals surface area (Å²) in [5, 5.41) is 0.637. The van der Waals surface area contributed by atoms with Crippen molar-refractivity contribution in [2.45, 2.75) is 6.92 Å². The van der Waals surface area contributed by atoms with Crippen LogP contribution < -0.4 is 14.4 Å². The van der Waals surface area contributed by atoms with E-state index < -0.39 is 0 Å². The molecule has 2 aromatic carbocycles. The topological polar surface area (TPSA) is 64.1 Å². The molecule has 2 heterocycles. The number of hydrogen-bond acceptors (Lipinski definition) is 7. The van der Waals surface area contributed by atoms with Crippen molar-refractivity contribution in [1.29, 1.82) is 0 Å².